The van der Waals surface area contributed by atoms with E-state index in [0.717, 1.165) is 25.7 Å². The highest BCUT2D eigenvalue weighted by atomic mass is 16.1. The second kappa shape index (κ2) is 5.27. The Morgan fingerprint density at radius 3 is 2.62 bits per heavy atom. The van der Waals surface area contributed by atoms with Crippen LogP contribution in [0.5, 0.6) is 0 Å². The first-order valence-electron chi connectivity index (χ1n) is 9.78. The number of nitrogens with two attached hydrogens (primary N) is 1. The van der Waals surface area contributed by atoms with Crippen LogP contribution in [0.2, 0.25) is 0 Å². The van der Waals surface area contributed by atoms with Crippen molar-refractivity contribution in [2.75, 3.05) is 0 Å². The molecular formula is C21H31NO2. The van der Waals surface area contributed by atoms with Crippen LogP contribution in [0.15, 0.2) is 11.6 Å². The highest BCUT2D eigenvalue weighted by Crippen LogP contribution is 2.66. The lowest BCUT2D eigenvalue weighted by Crippen LogP contribution is -2.57. The summed E-state index contributed by atoms with van der Waals surface area (Å²) in [6.07, 6.45) is 9.20. The lowest BCUT2D eigenvalue weighted by molar-refractivity contribution is -0.129. The van der Waals surface area contributed by atoms with Gasteiger partial charge >= 0.3 is 0 Å². The predicted molar refractivity (Wildman–Crippen MR) is 94.2 cm³/mol. The third-order valence-electron chi connectivity index (χ3n) is 8.66. The third kappa shape index (κ3) is 2.00. The zero-order valence-electron chi connectivity index (χ0n) is 15.3. The molecule has 3 fully saturated rings. The first-order valence-corrected chi connectivity index (χ1v) is 9.78. The Bertz CT molecular complexity index is 623. The number of fused-ring (bicyclic) bond motifs is 5. The van der Waals surface area contributed by atoms with Gasteiger partial charge in [-0.15, -0.1) is 0 Å². The molecule has 4 aliphatic rings. The SMILES string of the molecule is CC(=O)[C@H]1CCC2C3CCC4=CC(=O)CC(N)[C@]4(C)C3CC[C@@]21C. The fourth-order valence-corrected chi connectivity index (χ4v) is 7.35. The van der Waals surface area contributed by atoms with Gasteiger partial charge in [-0.05, 0) is 74.7 Å². The largest absolute Gasteiger partial charge is 0.326 e. The van der Waals surface area contributed by atoms with Crippen molar-refractivity contribution in [1.82, 2.24) is 0 Å². The molecule has 0 aromatic carbocycles. The van der Waals surface area contributed by atoms with E-state index >= 15 is 0 Å². The molecule has 0 saturated heterocycles. The molecule has 0 spiro atoms. The molecule has 4 aliphatic carbocycles. The van der Waals surface area contributed by atoms with Gasteiger partial charge in [-0.3, -0.25) is 9.59 Å². The fraction of sp³-hybridized carbons (Fsp3) is 0.810. The van der Waals surface area contributed by atoms with E-state index in [1.807, 2.05) is 6.08 Å². The van der Waals surface area contributed by atoms with Crippen molar-refractivity contribution in [1.29, 1.82) is 0 Å². The Balaban J connectivity index is 1.70. The summed E-state index contributed by atoms with van der Waals surface area (Å²) in [6, 6.07) is -0.0350. The number of hydrogen-bond donors (Lipinski definition) is 1. The van der Waals surface area contributed by atoms with Crippen molar-refractivity contribution < 1.29 is 9.59 Å². The number of rotatable bonds is 1. The number of carbonyl (C=O) groups is 2. The molecule has 7 atom stereocenters. The maximum Gasteiger partial charge on any atom is 0.157 e. The van der Waals surface area contributed by atoms with Crippen molar-refractivity contribution in [2.24, 2.45) is 40.2 Å². The van der Waals surface area contributed by atoms with E-state index in [0.29, 0.717) is 30.0 Å². The second-order valence-electron chi connectivity index (χ2n) is 9.43. The molecule has 0 radical (unpaired) electrons. The van der Waals surface area contributed by atoms with Gasteiger partial charge in [0, 0.05) is 23.8 Å². The Labute approximate surface area is 145 Å². The van der Waals surface area contributed by atoms with Crippen molar-refractivity contribution in [3.8, 4) is 0 Å². The summed E-state index contributed by atoms with van der Waals surface area (Å²) in [5.41, 5.74) is 8.05. The van der Waals surface area contributed by atoms with Gasteiger partial charge in [-0.25, -0.2) is 0 Å². The first kappa shape index (κ1) is 16.5. The molecule has 132 valence electrons. The molecule has 0 aromatic heterocycles. The maximum absolute atomic E-state index is 12.2. The van der Waals surface area contributed by atoms with E-state index in [4.69, 9.17) is 5.73 Å². The average molecular weight is 329 g/mol. The van der Waals surface area contributed by atoms with Crippen LogP contribution in [0.25, 0.3) is 0 Å². The van der Waals surface area contributed by atoms with Crippen molar-refractivity contribution in [2.45, 2.75) is 71.8 Å². The Morgan fingerprint density at radius 2 is 1.92 bits per heavy atom. The minimum Gasteiger partial charge on any atom is -0.326 e. The third-order valence-corrected chi connectivity index (χ3v) is 8.66. The molecule has 0 amide bonds. The Morgan fingerprint density at radius 1 is 1.17 bits per heavy atom. The zero-order valence-corrected chi connectivity index (χ0v) is 15.3. The van der Waals surface area contributed by atoms with E-state index in [1.54, 1.807) is 6.92 Å². The molecule has 0 aromatic rings. The van der Waals surface area contributed by atoms with Gasteiger partial charge in [0.2, 0.25) is 0 Å². The zero-order chi connectivity index (χ0) is 17.3. The lowest BCUT2D eigenvalue weighted by atomic mass is 9.46. The van der Waals surface area contributed by atoms with Crippen LogP contribution in [0.1, 0.15) is 65.7 Å². The van der Waals surface area contributed by atoms with Crippen LogP contribution in [0, 0.1) is 34.5 Å². The molecule has 0 aliphatic heterocycles. The molecule has 2 N–H and O–H groups in total. The van der Waals surface area contributed by atoms with E-state index in [9.17, 15) is 9.59 Å². The molecule has 3 nitrogen and oxygen atoms in total. The molecule has 3 heteroatoms. The second-order valence-corrected chi connectivity index (χ2v) is 9.43. The van der Waals surface area contributed by atoms with Crippen LogP contribution in [-0.2, 0) is 9.59 Å². The van der Waals surface area contributed by atoms with E-state index in [1.165, 1.54) is 18.4 Å². The van der Waals surface area contributed by atoms with Gasteiger partial charge < -0.3 is 5.73 Å². The molecule has 4 rings (SSSR count). The van der Waals surface area contributed by atoms with E-state index in [-0.39, 0.29) is 28.6 Å². The molecule has 0 bridgehead atoms. The molecule has 4 unspecified atom stereocenters. The van der Waals surface area contributed by atoms with E-state index < -0.39 is 0 Å². The van der Waals surface area contributed by atoms with Crippen LogP contribution in [0.4, 0.5) is 0 Å². The fourth-order valence-electron chi connectivity index (χ4n) is 7.35. The minimum atomic E-state index is -0.0350. The monoisotopic (exact) mass is 329 g/mol. The number of ketones is 2. The maximum atomic E-state index is 12.2. The highest BCUT2D eigenvalue weighted by Gasteiger charge is 2.60. The van der Waals surface area contributed by atoms with Gasteiger partial charge in [0.25, 0.3) is 0 Å². The summed E-state index contributed by atoms with van der Waals surface area (Å²) in [5.74, 6) is 2.79. The number of Topliss-reactive ketones (excluding diaryl/α,β-unsaturated/α-hetero) is 1. The summed E-state index contributed by atoms with van der Waals surface area (Å²) in [4.78, 5) is 24.2. The van der Waals surface area contributed by atoms with Crippen molar-refractivity contribution in [3.63, 3.8) is 0 Å². The van der Waals surface area contributed by atoms with Crippen LogP contribution < -0.4 is 5.73 Å². The number of hydrogen-bond acceptors (Lipinski definition) is 3. The van der Waals surface area contributed by atoms with Gasteiger partial charge in [0.1, 0.15) is 5.78 Å². The molecule has 24 heavy (non-hydrogen) atoms. The average Bonchev–Trinajstić information content (AvgIpc) is 2.86. The lowest BCUT2D eigenvalue weighted by Gasteiger charge is -2.59. The summed E-state index contributed by atoms with van der Waals surface area (Å²) < 4.78 is 0. The predicted octanol–water partition coefficient (Wildman–Crippen LogP) is 3.66. The van der Waals surface area contributed by atoms with Crippen LogP contribution in [-0.4, -0.2) is 17.6 Å². The standard InChI is InChI=1S/C21H31NO2/c1-12(23)16-6-7-17-15-5-4-13-10-14(24)11-19(22)21(13,3)18(15)8-9-20(16,17)2/h10,15-19H,4-9,11,22H2,1-3H3/t15?,16-,17?,18?,19?,20-,21+/m1/s1. The molecule has 3 saturated carbocycles. The molecular weight excluding hydrogens is 298 g/mol. The summed E-state index contributed by atoms with van der Waals surface area (Å²) in [5, 5.41) is 0. The van der Waals surface area contributed by atoms with Gasteiger partial charge in [0.15, 0.2) is 5.78 Å². The highest BCUT2D eigenvalue weighted by molar-refractivity contribution is 5.92. The summed E-state index contributed by atoms with van der Waals surface area (Å²) in [6.45, 7) is 6.49. The van der Waals surface area contributed by atoms with Gasteiger partial charge in [-0.1, -0.05) is 19.4 Å². The van der Waals surface area contributed by atoms with Crippen molar-refractivity contribution in [3.05, 3.63) is 11.6 Å². The first-order chi connectivity index (χ1) is 11.3. The Hall–Kier alpha value is -0.960. The quantitative estimate of drug-likeness (QED) is 0.798. The van der Waals surface area contributed by atoms with E-state index in [2.05, 4.69) is 13.8 Å². The topological polar surface area (TPSA) is 60.2 Å². The van der Waals surface area contributed by atoms with Crippen molar-refractivity contribution >= 4 is 11.6 Å². The van der Waals surface area contributed by atoms with Gasteiger partial charge in [-0.2, -0.15) is 0 Å². The Kier molecular flexibility index (Phi) is 3.62. The van der Waals surface area contributed by atoms with Crippen LogP contribution in [0.3, 0.4) is 0 Å². The normalized spacial score (nSPS) is 50.6. The molecule has 0 heterocycles. The van der Waals surface area contributed by atoms with Crippen LogP contribution >= 0.6 is 0 Å². The minimum absolute atomic E-state index is 0.00747. The van der Waals surface area contributed by atoms with Gasteiger partial charge in [0.05, 0.1) is 0 Å². The summed E-state index contributed by atoms with van der Waals surface area (Å²) >= 11 is 0. The summed E-state index contributed by atoms with van der Waals surface area (Å²) in [7, 11) is 0. The number of carbonyl (C=O) groups excluding carboxylic acids is 2. The smallest absolute Gasteiger partial charge is 0.157 e.